The summed E-state index contributed by atoms with van der Waals surface area (Å²) in [7, 11) is 1.92. The molecular weight excluding hydrogens is 458 g/mol. The molecule has 1 amide bonds. The Hall–Kier alpha value is -3.29. The van der Waals surface area contributed by atoms with Crippen LogP contribution in [0.25, 0.3) is 10.2 Å². The molecule has 2 aromatic heterocycles. The first-order chi connectivity index (χ1) is 17.1. The van der Waals surface area contributed by atoms with Crippen molar-refractivity contribution >= 4 is 33.1 Å². The number of nitrogens with zero attached hydrogens (tertiary/aromatic N) is 1. The molecule has 2 aliphatic heterocycles. The predicted molar refractivity (Wildman–Crippen MR) is 140 cm³/mol. The standard InChI is InChI=1S/C28H29N3O3S/c1-31-25-11-12-35-27(25)16-26(31)28(32)30-19-4-2-3-18(13-19)17-33-22-7-9-23(10-8-22)34-24-14-20-5-6-21(15-24)29-20/h2-4,7-13,16,20-21,24,29H,5-6,14-15,17H2,1H3,(H,30,32)/t20-,21+,24?. The molecule has 3 atom stereocenters. The Balaban J connectivity index is 1.04. The highest BCUT2D eigenvalue weighted by Gasteiger charge is 2.34. The lowest BCUT2D eigenvalue weighted by Crippen LogP contribution is -2.42. The third-order valence-corrected chi connectivity index (χ3v) is 7.90. The van der Waals surface area contributed by atoms with E-state index in [1.165, 1.54) is 12.8 Å². The molecule has 2 N–H and O–H groups in total. The first kappa shape index (κ1) is 22.2. The van der Waals surface area contributed by atoms with Crippen molar-refractivity contribution in [2.24, 2.45) is 7.05 Å². The van der Waals surface area contributed by atoms with E-state index >= 15 is 0 Å². The van der Waals surface area contributed by atoms with Gasteiger partial charge in [-0.05, 0) is 85.2 Å². The largest absolute Gasteiger partial charge is 0.490 e. The van der Waals surface area contributed by atoms with Gasteiger partial charge in [0.25, 0.3) is 5.91 Å². The molecule has 6 nitrogen and oxygen atoms in total. The minimum atomic E-state index is -0.119. The summed E-state index contributed by atoms with van der Waals surface area (Å²) in [5.41, 5.74) is 3.45. The topological polar surface area (TPSA) is 64.5 Å². The Morgan fingerprint density at radius 2 is 1.83 bits per heavy atom. The van der Waals surface area contributed by atoms with E-state index in [-0.39, 0.29) is 5.91 Å². The fraction of sp³-hybridized carbons (Fsp3) is 0.321. The van der Waals surface area contributed by atoms with Crippen LogP contribution in [0.2, 0.25) is 0 Å². The second-order valence-electron chi connectivity index (χ2n) is 9.52. The van der Waals surface area contributed by atoms with E-state index in [0.29, 0.717) is 30.5 Å². The number of aromatic nitrogens is 1. The number of amides is 1. The molecule has 2 saturated heterocycles. The molecule has 0 saturated carbocycles. The third-order valence-electron chi connectivity index (χ3n) is 7.04. The van der Waals surface area contributed by atoms with Crippen LogP contribution < -0.4 is 20.1 Å². The Kier molecular flexibility index (Phi) is 5.96. The molecule has 4 heterocycles. The number of ether oxygens (including phenoxy) is 2. The number of hydrogen-bond acceptors (Lipinski definition) is 5. The molecule has 7 heteroatoms. The van der Waals surface area contributed by atoms with Gasteiger partial charge < -0.3 is 24.7 Å². The molecule has 2 aromatic carbocycles. The van der Waals surface area contributed by atoms with Gasteiger partial charge in [-0.2, -0.15) is 0 Å². The van der Waals surface area contributed by atoms with Crippen LogP contribution in [0.4, 0.5) is 5.69 Å². The fourth-order valence-corrected chi connectivity index (χ4v) is 6.13. The van der Waals surface area contributed by atoms with E-state index in [2.05, 4.69) is 10.6 Å². The summed E-state index contributed by atoms with van der Waals surface area (Å²) in [6.07, 6.45) is 5.01. The Bertz CT molecular complexity index is 1330. The Morgan fingerprint density at radius 1 is 1.06 bits per heavy atom. The van der Waals surface area contributed by atoms with Gasteiger partial charge in [0, 0.05) is 24.8 Å². The summed E-state index contributed by atoms with van der Waals surface area (Å²) in [5.74, 6) is 1.57. The molecule has 0 radical (unpaired) electrons. The first-order valence-corrected chi connectivity index (χ1v) is 13.1. The van der Waals surface area contributed by atoms with Crippen molar-refractivity contribution in [2.75, 3.05) is 5.32 Å². The van der Waals surface area contributed by atoms with Crippen molar-refractivity contribution < 1.29 is 14.3 Å². The van der Waals surface area contributed by atoms with Crippen molar-refractivity contribution in [1.29, 1.82) is 0 Å². The Morgan fingerprint density at radius 3 is 2.60 bits per heavy atom. The highest BCUT2D eigenvalue weighted by Crippen LogP contribution is 2.30. The molecule has 6 rings (SSSR count). The van der Waals surface area contributed by atoms with E-state index in [1.54, 1.807) is 11.3 Å². The van der Waals surface area contributed by atoms with Gasteiger partial charge in [0.15, 0.2) is 0 Å². The van der Waals surface area contributed by atoms with Gasteiger partial charge in [-0.1, -0.05) is 12.1 Å². The van der Waals surface area contributed by atoms with Crippen molar-refractivity contribution in [3.8, 4) is 11.5 Å². The number of rotatable bonds is 7. The lowest BCUT2D eigenvalue weighted by atomic mass is 10.0. The van der Waals surface area contributed by atoms with Crippen LogP contribution in [0.1, 0.15) is 41.7 Å². The van der Waals surface area contributed by atoms with Crippen molar-refractivity contribution in [3.05, 3.63) is 77.3 Å². The van der Waals surface area contributed by atoms with Crippen LogP contribution in [-0.4, -0.2) is 28.7 Å². The average molecular weight is 488 g/mol. The zero-order chi connectivity index (χ0) is 23.8. The number of hydrogen-bond donors (Lipinski definition) is 2. The van der Waals surface area contributed by atoms with Gasteiger partial charge in [-0.3, -0.25) is 4.79 Å². The third kappa shape index (κ3) is 4.79. The normalized spacial score (nSPS) is 21.2. The number of fused-ring (bicyclic) bond motifs is 3. The maximum absolute atomic E-state index is 12.8. The highest BCUT2D eigenvalue weighted by molar-refractivity contribution is 7.17. The molecule has 4 aromatic rings. The zero-order valence-corrected chi connectivity index (χ0v) is 20.5. The van der Waals surface area contributed by atoms with Crippen LogP contribution in [-0.2, 0) is 13.7 Å². The van der Waals surface area contributed by atoms with Crippen LogP contribution in [0.3, 0.4) is 0 Å². The molecular formula is C28H29N3O3S. The number of nitrogens with one attached hydrogen (secondary N) is 2. The second-order valence-corrected chi connectivity index (χ2v) is 10.5. The van der Waals surface area contributed by atoms with Gasteiger partial charge in [0.05, 0.1) is 10.2 Å². The maximum atomic E-state index is 12.8. The monoisotopic (exact) mass is 487 g/mol. The smallest absolute Gasteiger partial charge is 0.272 e. The SMILES string of the molecule is Cn1c(C(=O)Nc2cccc(COc3ccc(OC4C[C@H]5CC[C@@H](C4)N5)cc3)c2)cc2sccc21. The summed E-state index contributed by atoms with van der Waals surface area (Å²) in [6.45, 7) is 0.418. The zero-order valence-electron chi connectivity index (χ0n) is 19.7. The van der Waals surface area contributed by atoms with E-state index in [4.69, 9.17) is 9.47 Å². The van der Waals surface area contributed by atoms with E-state index < -0.39 is 0 Å². The number of piperidine rings is 1. The quantitative estimate of drug-likeness (QED) is 0.349. The average Bonchev–Trinajstić information content (AvgIpc) is 3.55. The number of thiophene rings is 1. The molecule has 2 fully saturated rings. The van der Waals surface area contributed by atoms with Crippen molar-refractivity contribution in [3.63, 3.8) is 0 Å². The molecule has 2 bridgehead atoms. The molecule has 0 aliphatic carbocycles. The molecule has 0 spiro atoms. The van der Waals surface area contributed by atoms with Crippen molar-refractivity contribution in [2.45, 2.75) is 50.5 Å². The minimum Gasteiger partial charge on any atom is -0.490 e. The van der Waals surface area contributed by atoms with Crippen molar-refractivity contribution in [1.82, 2.24) is 9.88 Å². The number of carbonyl (C=O) groups excluding carboxylic acids is 1. The summed E-state index contributed by atoms with van der Waals surface area (Å²) < 4.78 is 15.3. The molecule has 35 heavy (non-hydrogen) atoms. The van der Waals surface area contributed by atoms with Crippen LogP contribution in [0.15, 0.2) is 66.0 Å². The van der Waals surface area contributed by atoms with E-state index in [9.17, 15) is 4.79 Å². The van der Waals surface area contributed by atoms with Gasteiger partial charge >= 0.3 is 0 Å². The van der Waals surface area contributed by atoms with Gasteiger partial charge in [-0.25, -0.2) is 0 Å². The second kappa shape index (κ2) is 9.40. The summed E-state index contributed by atoms with van der Waals surface area (Å²) in [4.78, 5) is 12.8. The molecule has 2 aliphatic rings. The first-order valence-electron chi connectivity index (χ1n) is 12.2. The number of carbonyl (C=O) groups is 1. The highest BCUT2D eigenvalue weighted by atomic mass is 32.1. The molecule has 180 valence electrons. The van der Waals surface area contributed by atoms with Gasteiger partial charge in [-0.15, -0.1) is 11.3 Å². The number of anilines is 1. The fourth-order valence-electron chi connectivity index (χ4n) is 5.28. The summed E-state index contributed by atoms with van der Waals surface area (Å²) >= 11 is 1.64. The number of benzene rings is 2. The summed E-state index contributed by atoms with van der Waals surface area (Å²) in [5, 5.41) is 8.70. The maximum Gasteiger partial charge on any atom is 0.272 e. The summed E-state index contributed by atoms with van der Waals surface area (Å²) in [6, 6.07) is 20.9. The Labute approximate surface area is 208 Å². The lowest BCUT2D eigenvalue weighted by Gasteiger charge is -2.29. The van der Waals surface area contributed by atoms with E-state index in [1.807, 2.05) is 77.7 Å². The van der Waals surface area contributed by atoms with Crippen LogP contribution >= 0.6 is 11.3 Å². The number of aryl methyl sites for hydroxylation is 1. The van der Waals surface area contributed by atoms with E-state index in [0.717, 1.165) is 45.8 Å². The predicted octanol–water partition coefficient (Wildman–Crippen LogP) is 5.73. The van der Waals surface area contributed by atoms with Crippen LogP contribution in [0.5, 0.6) is 11.5 Å². The van der Waals surface area contributed by atoms with Gasteiger partial charge in [0.1, 0.15) is 29.9 Å². The van der Waals surface area contributed by atoms with Crippen LogP contribution in [0, 0.1) is 0 Å². The van der Waals surface area contributed by atoms with Gasteiger partial charge in [0.2, 0.25) is 0 Å². The molecule has 1 unspecified atom stereocenters. The minimum absolute atomic E-state index is 0.119. The lowest BCUT2D eigenvalue weighted by molar-refractivity contribution is 0.101.